The second-order valence-electron chi connectivity index (χ2n) is 8.52. The predicted molar refractivity (Wildman–Crippen MR) is 132 cm³/mol. The van der Waals surface area contributed by atoms with Crippen LogP contribution in [0.3, 0.4) is 0 Å². The highest BCUT2D eigenvalue weighted by molar-refractivity contribution is 7.92. The topological polar surface area (TPSA) is 78.5 Å². The van der Waals surface area contributed by atoms with Crippen LogP contribution >= 0.6 is 0 Å². The summed E-state index contributed by atoms with van der Waals surface area (Å²) < 4.78 is 27.7. The number of nitrogens with one attached hydrogen (secondary N) is 2. The Bertz CT molecular complexity index is 1170. The molecule has 6 nitrogen and oxygen atoms in total. The van der Waals surface area contributed by atoms with Crippen molar-refractivity contribution in [2.45, 2.75) is 31.2 Å². The van der Waals surface area contributed by atoms with Gasteiger partial charge in [0.15, 0.2) is 0 Å². The monoisotopic (exact) mass is 463 g/mol. The van der Waals surface area contributed by atoms with Crippen molar-refractivity contribution in [3.8, 4) is 0 Å². The molecule has 2 N–H and O–H groups in total. The van der Waals surface area contributed by atoms with E-state index in [1.807, 2.05) is 6.07 Å². The van der Waals surface area contributed by atoms with E-state index in [9.17, 15) is 13.2 Å². The zero-order valence-electron chi connectivity index (χ0n) is 18.7. The van der Waals surface area contributed by atoms with E-state index in [0.717, 1.165) is 32.5 Å². The molecular formula is C26H29N3O3S. The number of aryl methyl sites for hydroxylation is 1. The molecule has 172 valence electrons. The van der Waals surface area contributed by atoms with E-state index in [1.54, 1.807) is 36.4 Å². The Morgan fingerprint density at radius 2 is 1.52 bits per heavy atom. The molecular weight excluding hydrogens is 434 g/mol. The molecule has 1 fully saturated rings. The highest BCUT2D eigenvalue weighted by Gasteiger charge is 2.25. The molecule has 1 aliphatic rings. The van der Waals surface area contributed by atoms with Gasteiger partial charge in [-0.3, -0.25) is 14.4 Å². The summed E-state index contributed by atoms with van der Waals surface area (Å²) in [6.07, 6.45) is 1.62. The van der Waals surface area contributed by atoms with Gasteiger partial charge in [-0.05, 0) is 74.8 Å². The fourth-order valence-electron chi connectivity index (χ4n) is 3.99. The number of likely N-dealkylation sites (tertiary alicyclic amines) is 1. The molecule has 3 aromatic rings. The van der Waals surface area contributed by atoms with Crippen molar-refractivity contribution >= 4 is 27.3 Å². The number of benzene rings is 3. The molecule has 33 heavy (non-hydrogen) atoms. The second-order valence-corrected chi connectivity index (χ2v) is 10.2. The molecule has 3 aromatic carbocycles. The number of piperidine rings is 1. The van der Waals surface area contributed by atoms with Crippen molar-refractivity contribution in [1.82, 2.24) is 4.90 Å². The summed E-state index contributed by atoms with van der Waals surface area (Å²) in [6, 6.07) is 23.6. The molecule has 0 aromatic heterocycles. The van der Waals surface area contributed by atoms with Crippen LogP contribution in [-0.2, 0) is 21.4 Å². The molecule has 1 amide bonds. The van der Waals surface area contributed by atoms with Crippen LogP contribution in [0.25, 0.3) is 0 Å². The van der Waals surface area contributed by atoms with Crippen LogP contribution in [0.2, 0.25) is 0 Å². The number of anilines is 2. The van der Waals surface area contributed by atoms with Gasteiger partial charge in [0.1, 0.15) is 0 Å². The number of para-hydroxylation sites is 1. The van der Waals surface area contributed by atoms with Gasteiger partial charge in [0.25, 0.3) is 10.0 Å². The Balaban J connectivity index is 1.28. The van der Waals surface area contributed by atoms with Gasteiger partial charge in [0.05, 0.1) is 4.90 Å². The summed E-state index contributed by atoms with van der Waals surface area (Å²) in [5.41, 5.74) is 3.65. The summed E-state index contributed by atoms with van der Waals surface area (Å²) in [5.74, 6) is -0.0505. The maximum atomic E-state index is 12.7. The van der Waals surface area contributed by atoms with Gasteiger partial charge < -0.3 is 5.32 Å². The van der Waals surface area contributed by atoms with Gasteiger partial charge in [0.2, 0.25) is 5.91 Å². The number of carbonyl (C=O) groups is 1. The number of hydrogen-bond donors (Lipinski definition) is 2. The Morgan fingerprint density at radius 1 is 0.879 bits per heavy atom. The maximum absolute atomic E-state index is 12.7. The molecule has 0 spiro atoms. The zero-order chi connectivity index (χ0) is 23.3. The molecule has 0 radical (unpaired) electrons. The lowest BCUT2D eigenvalue weighted by atomic mass is 9.95. The number of amides is 1. The van der Waals surface area contributed by atoms with Gasteiger partial charge in [-0.2, -0.15) is 0 Å². The van der Waals surface area contributed by atoms with Gasteiger partial charge in [0, 0.05) is 23.8 Å². The highest BCUT2D eigenvalue weighted by atomic mass is 32.2. The van der Waals surface area contributed by atoms with Crippen LogP contribution in [0.5, 0.6) is 0 Å². The molecule has 0 atom stereocenters. The van der Waals surface area contributed by atoms with Crippen molar-refractivity contribution in [1.29, 1.82) is 0 Å². The van der Waals surface area contributed by atoms with Crippen molar-refractivity contribution in [3.05, 3.63) is 90.0 Å². The average Bonchev–Trinajstić information content (AvgIpc) is 2.82. The zero-order valence-corrected chi connectivity index (χ0v) is 19.5. The molecule has 0 saturated carbocycles. The van der Waals surface area contributed by atoms with Crippen molar-refractivity contribution in [2.24, 2.45) is 5.92 Å². The summed E-state index contributed by atoms with van der Waals surface area (Å²) in [4.78, 5) is 15.3. The number of nitrogens with zero attached hydrogens (tertiary/aromatic N) is 1. The Kier molecular flexibility index (Phi) is 7.11. The third-order valence-corrected chi connectivity index (χ3v) is 7.34. The summed E-state index contributed by atoms with van der Waals surface area (Å²) in [6.45, 7) is 4.76. The quantitative estimate of drug-likeness (QED) is 0.535. The lowest BCUT2D eigenvalue weighted by molar-refractivity contribution is -0.121. The Hall–Kier alpha value is -3.16. The van der Waals surface area contributed by atoms with E-state index < -0.39 is 10.0 Å². The first-order valence-electron chi connectivity index (χ1n) is 11.2. The van der Waals surface area contributed by atoms with Gasteiger partial charge in [-0.15, -0.1) is 0 Å². The van der Waals surface area contributed by atoms with Gasteiger partial charge in [-0.25, -0.2) is 8.42 Å². The number of sulfonamides is 1. The Morgan fingerprint density at radius 3 is 2.15 bits per heavy atom. The maximum Gasteiger partial charge on any atom is 0.261 e. The standard InChI is InChI=1S/C26H29N3O3S/c1-20-7-9-21(10-8-20)19-29-17-15-22(16-18-29)26(30)27-23-11-13-25(14-12-23)33(31,32)28-24-5-3-2-4-6-24/h2-14,22,28H,15-19H2,1H3,(H,27,30). The van der Waals surface area contributed by atoms with Crippen LogP contribution in [0.15, 0.2) is 83.8 Å². The highest BCUT2D eigenvalue weighted by Crippen LogP contribution is 2.22. The Labute approximate surface area is 195 Å². The first-order valence-corrected chi connectivity index (χ1v) is 12.6. The normalized spacial score (nSPS) is 15.2. The van der Waals surface area contributed by atoms with E-state index in [4.69, 9.17) is 0 Å². The lowest BCUT2D eigenvalue weighted by Crippen LogP contribution is -2.37. The first kappa shape index (κ1) is 23.0. The minimum Gasteiger partial charge on any atom is -0.326 e. The molecule has 4 rings (SSSR count). The molecule has 1 heterocycles. The summed E-state index contributed by atoms with van der Waals surface area (Å²) in [5, 5.41) is 2.94. The first-order chi connectivity index (χ1) is 15.9. The fraction of sp³-hybridized carbons (Fsp3) is 0.269. The average molecular weight is 464 g/mol. The van der Waals surface area contributed by atoms with E-state index in [-0.39, 0.29) is 16.7 Å². The van der Waals surface area contributed by atoms with E-state index in [1.165, 1.54) is 23.3 Å². The van der Waals surface area contributed by atoms with Crippen molar-refractivity contribution in [3.63, 3.8) is 0 Å². The van der Waals surface area contributed by atoms with E-state index in [0.29, 0.717) is 11.4 Å². The number of carbonyl (C=O) groups excluding carboxylic acids is 1. The molecule has 7 heteroatoms. The minimum atomic E-state index is -3.68. The molecule has 1 saturated heterocycles. The third-order valence-electron chi connectivity index (χ3n) is 5.94. The van der Waals surface area contributed by atoms with E-state index >= 15 is 0 Å². The SMILES string of the molecule is Cc1ccc(CN2CCC(C(=O)Nc3ccc(S(=O)(=O)Nc4ccccc4)cc3)CC2)cc1. The summed E-state index contributed by atoms with van der Waals surface area (Å²) >= 11 is 0. The van der Waals surface area contributed by atoms with Gasteiger partial charge in [-0.1, -0.05) is 48.0 Å². The summed E-state index contributed by atoms with van der Waals surface area (Å²) in [7, 11) is -3.68. The van der Waals surface area contributed by atoms with Gasteiger partial charge >= 0.3 is 0 Å². The number of hydrogen-bond acceptors (Lipinski definition) is 4. The van der Waals surface area contributed by atoms with Crippen LogP contribution in [0.4, 0.5) is 11.4 Å². The smallest absolute Gasteiger partial charge is 0.261 e. The lowest BCUT2D eigenvalue weighted by Gasteiger charge is -2.31. The van der Waals surface area contributed by atoms with Crippen LogP contribution < -0.4 is 10.0 Å². The molecule has 0 bridgehead atoms. The minimum absolute atomic E-state index is 0.0111. The second kappa shape index (κ2) is 10.2. The van der Waals surface area contributed by atoms with Crippen molar-refractivity contribution < 1.29 is 13.2 Å². The number of rotatable bonds is 7. The largest absolute Gasteiger partial charge is 0.326 e. The van der Waals surface area contributed by atoms with E-state index in [2.05, 4.69) is 46.1 Å². The molecule has 0 unspecified atom stereocenters. The van der Waals surface area contributed by atoms with Crippen LogP contribution in [0.1, 0.15) is 24.0 Å². The van der Waals surface area contributed by atoms with Crippen molar-refractivity contribution in [2.75, 3.05) is 23.1 Å². The molecule has 0 aliphatic carbocycles. The fourth-order valence-corrected chi connectivity index (χ4v) is 5.05. The molecule has 1 aliphatic heterocycles. The van der Waals surface area contributed by atoms with Crippen LogP contribution in [0, 0.1) is 12.8 Å². The predicted octanol–water partition coefficient (Wildman–Crippen LogP) is 4.65. The third kappa shape index (κ3) is 6.21. The van der Waals surface area contributed by atoms with Crippen LogP contribution in [-0.4, -0.2) is 32.3 Å².